The average Bonchev–Trinajstić information content (AvgIpc) is 2.31. The molecular weight excluding hydrogens is 271 g/mol. The van der Waals surface area contributed by atoms with Gasteiger partial charge < -0.3 is 5.32 Å². The molecule has 0 fully saturated rings. The third-order valence-corrected chi connectivity index (χ3v) is 2.81. The first-order chi connectivity index (χ1) is 8.97. The second-order valence-corrected chi connectivity index (χ2v) is 4.96. The zero-order chi connectivity index (χ0) is 14.0. The van der Waals surface area contributed by atoms with Crippen molar-refractivity contribution in [1.82, 2.24) is 15.0 Å². The maximum absolute atomic E-state index is 13.8. The maximum atomic E-state index is 13.8. The molecule has 0 atom stereocenters. The Labute approximate surface area is 115 Å². The summed E-state index contributed by atoms with van der Waals surface area (Å²) in [6, 6.07) is 0.109. The number of aromatic nitrogens is 3. The molecule has 1 heterocycles. The maximum Gasteiger partial charge on any atom is 0.227 e. The highest BCUT2D eigenvalue weighted by Crippen LogP contribution is 2.29. The van der Waals surface area contributed by atoms with Crippen LogP contribution in [0.15, 0.2) is 5.83 Å². The van der Waals surface area contributed by atoms with E-state index in [1.807, 2.05) is 13.8 Å². The topological polar surface area (TPSA) is 67.8 Å². The number of ketones is 1. The Bertz CT molecular complexity index is 545. The number of Topliss-reactive ketones (excluding diaryl/α,β-unsaturated/α-hetero) is 1. The first kappa shape index (κ1) is 13.9. The van der Waals surface area contributed by atoms with Gasteiger partial charge in [-0.3, -0.25) is 4.79 Å². The molecule has 7 heteroatoms. The summed E-state index contributed by atoms with van der Waals surface area (Å²) in [6.45, 7) is 3.84. The molecule has 0 saturated carbocycles. The molecule has 0 unspecified atom stereocenters. The molecule has 1 aromatic rings. The number of halogens is 2. The summed E-state index contributed by atoms with van der Waals surface area (Å²) in [5.74, 6) is -0.850. The lowest BCUT2D eigenvalue weighted by molar-refractivity contribution is -0.117. The number of nitrogens with one attached hydrogen (secondary N) is 1. The van der Waals surface area contributed by atoms with Crippen molar-refractivity contribution in [2.24, 2.45) is 0 Å². The molecule has 19 heavy (non-hydrogen) atoms. The number of carbonyl (C=O) groups excluding carboxylic acids is 1. The van der Waals surface area contributed by atoms with Crippen LogP contribution < -0.4 is 5.32 Å². The molecule has 2 rings (SSSR count). The fourth-order valence-electron chi connectivity index (χ4n) is 1.83. The van der Waals surface area contributed by atoms with Crippen molar-refractivity contribution >= 4 is 28.9 Å². The first-order valence-electron chi connectivity index (χ1n) is 6.07. The van der Waals surface area contributed by atoms with Gasteiger partial charge in [-0.2, -0.15) is 15.0 Å². The van der Waals surface area contributed by atoms with Crippen molar-refractivity contribution < 1.29 is 9.18 Å². The van der Waals surface area contributed by atoms with Gasteiger partial charge >= 0.3 is 0 Å². The highest BCUT2D eigenvalue weighted by molar-refractivity contribution is 6.28. The van der Waals surface area contributed by atoms with E-state index in [1.165, 1.54) is 0 Å². The van der Waals surface area contributed by atoms with Gasteiger partial charge in [-0.25, -0.2) is 4.39 Å². The molecular formula is C12H14ClFN4O. The van der Waals surface area contributed by atoms with Crippen LogP contribution >= 0.6 is 11.6 Å². The van der Waals surface area contributed by atoms with E-state index in [0.717, 1.165) is 0 Å². The predicted octanol–water partition coefficient (Wildman–Crippen LogP) is 2.78. The van der Waals surface area contributed by atoms with Gasteiger partial charge in [-0.05, 0) is 38.3 Å². The third-order valence-electron chi connectivity index (χ3n) is 2.64. The van der Waals surface area contributed by atoms with E-state index in [4.69, 9.17) is 11.6 Å². The van der Waals surface area contributed by atoms with Crippen LogP contribution in [-0.2, 0) is 4.79 Å². The highest BCUT2D eigenvalue weighted by Gasteiger charge is 2.24. The number of hydrogen-bond donors (Lipinski definition) is 1. The number of hydrogen-bond acceptors (Lipinski definition) is 5. The standard InChI is InChI=1S/C12H14ClFN4O/c1-6(2)15-12-17-10(16-11(13)18-12)7-4-3-5-8(19)9(7)14/h6H,3-5H2,1-2H3,(H,15,16,17,18). The summed E-state index contributed by atoms with van der Waals surface area (Å²) >= 11 is 5.80. The van der Waals surface area contributed by atoms with Crippen LogP contribution in [0.4, 0.5) is 10.3 Å². The lowest BCUT2D eigenvalue weighted by Crippen LogP contribution is -2.15. The van der Waals surface area contributed by atoms with Crippen molar-refractivity contribution in [3.63, 3.8) is 0 Å². The molecule has 102 valence electrons. The van der Waals surface area contributed by atoms with Gasteiger partial charge in [0.15, 0.2) is 17.4 Å². The molecule has 1 N–H and O–H groups in total. The molecule has 5 nitrogen and oxygen atoms in total. The zero-order valence-electron chi connectivity index (χ0n) is 10.7. The van der Waals surface area contributed by atoms with Crippen molar-refractivity contribution in [1.29, 1.82) is 0 Å². The second kappa shape index (κ2) is 5.61. The number of carbonyl (C=O) groups is 1. The Kier molecular flexibility index (Phi) is 4.09. The molecule has 0 saturated heterocycles. The van der Waals surface area contributed by atoms with Gasteiger partial charge in [0.2, 0.25) is 11.2 Å². The Balaban J connectivity index is 2.42. The molecule has 1 aromatic heterocycles. The molecule has 1 aliphatic carbocycles. The smallest absolute Gasteiger partial charge is 0.227 e. The quantitative estimate of drug-likeness (QED) is 0.924. The van der Waals surface area contributed by atoms with Crippen LogP contribution in [0.5, 0.6) is 0 Å². The van der Waals surface area contributed by atoms with Crippen LogP contribution in [0.25, 0.3) is 5.57 Å². The largest absolute Gasteiger partial charge is 0.352 e. The molecule has 1 aliphatic rings. The third kappa shape index (κ3) is 3.26. The Hall–Kier alpha value is -1.56. The summed E-state index contributed by atoms with van der Waals surface area (Å²) < 4.78 is 13.8. The second-order valence-electron chi connectivity index (χ2n) is 4.62. The van der Waals surface area contributed by atoms with Gasteiger partial charge in [0.25, 0.3) is 0 Å². The van der Waals surface area contributed by atoms with E-state index < -0.39 is 11.6 Å². The van der Waals surface area contributed by atoms with E-state index >= 15 is 0 Å². The average molecular weight is 285 g/mol. The molecule has 0 radical (unpaired) electrons. The SMILES string of the molecule is CC(C)Nc1nc(Cl)nc(C2=C(F)C(=O)CCC2)n1. The molecule has 0 spiro atoms. The van der Waals surface area contributed by atoms with Crippen LogP contribution in [0, 0.1) is 0 Å². The fourth-order valence-corrected chi connectivity index (χ4v) is 1.99. The minimum absolute atomic E-state index is 0.0218. The number of nitrogens with zero attached hydrogens (tertiary/aromatic N) is 3. The van der Waals surface area contributed by atoms with Crippen molar-refractivity contribution in [3.05, 3.63) is 16.9 Å². The molecule has 0 aromatic carbocycles. The Morgan fingerprint density at radius 3 is 2.68 bits per heavy atom. The van der Waals surface area contributed by atoms with Crippen molar-refractivity contribution in [3.8, 4) is 0 Å². The van der Waals surface area contributed by atoms with E-state index in [-0.39, 0.29) is 35.1 Å². The minimum atomic E-state index is -0.760. The van der Waals surface area contributed by atoms with Crippen LogP contribution in [0.1, 0.15) is 38.9 Å². The minimum Gasteiger partial charge on any atom is -0.352 e. The summed E-state index contributed by atoms with van der Waals surface area (Å²) in [4.78, 5) is 23.3. The number of rotatable bonds is 3. The normalized spacial score (nSPS) is 16.2. The van der Waals surface area contributed by atoms with E-state index in [1.54, 1.807) is 0 Å². The number of anilines is 1. The van der Waals surface area contributed by atoms with E-state index in [2.05, 4.69) is 20.3 Å². The molecule has 0 bridgehead atoms. The van der Waals surface area contributed by atoms with Crippen LogP contribution in [0.3, 0.4) is 0 Å². The van der Waals surface area contributed by atoms with E-state index in [9.17, 15) is 9.18 Å². The van der Waals surface area contributed by atoms with Gasteiger partial charge in [-0.1, -0.05) is 0 Å². The van der Waals surface area contributed by atoms with Gasteiger partial charge in [0.05, 0.1) is 0 Å². The Morgan fingerprint density at radius 1 is 1.26 bits per heavy atom. The van der Waals surface area contributed by atoms with E-state index in [0.29, 0.717) is 12.8 Å². The zero-order valence-corrected chi connectivity index (χ0v) is 11.5. The van der Waals surface area contributed by atoms with Gasteiger partial charge in [-0.15, -0.1) is 0 Å². The lowest BCUT2D eigenvalue weighted by Gasteiger charge is -2.14. The summed E-state index contributed by atoms with van der Waals surface area (Å²) in [5, 5.41) is 2.95. The predicted molar refractivity (Wildman–Crippen MR) is 70.5 cm³/mol. The van der Waals surface area contributed by atoms with Gasteiger partial charge in [0, 0.05) is 18.0 Å². The molecule has 0 amide bonds. The monoisotopic (exact) mass is 284 g/mol. The summed E-state index contributed by atoms with van der Waals surface area (Å²) in [7, 11) is 0. The number of allylic oxidation sites excluding steroid dienone is 2. The lowest BCUT2D eigenvalue weighted by atomic mass is 9.97. The first-order valence-corrected chi connectivity index (χ1v) is 6.45. The van der Waals surface area contributed by atoms with Crippen molar-refractivity contribution in [2.75, 3.05) is 5.32 Å². The van der Waals surface area contributed by atoms with Gasteiger partial charge in [0.1, 0.15) is 0 Å². The summed E-state index contributed by atoms with van der Waals surface area (Å²) in [5.41, 5.74) is 0.215. The highest BCUT2D eigenvalue weighted by atomic mass is 35.5. The van der Waals surface area contributed by atoms with Crippen molar-refractivity contribution in [2.45, 2.75) is 39.2 Å². The molecule has 0 aliphatic heterocycles. The summed E-state index contributed by atoms with van der Waals surface area (Å²) in [6.07, 6.45) is 1.25. The van der Waals surface area contributed by atoms with Crippen LogP contribution in [-0.4, -0.2) is 26.8 Å². The Morgan fingerprint density at radius 2 is 2.00 bits per heavy atom. The fraction of sp³-hybridized carbons (Fsp3) is 0.500. The van der Waals surface area contributed by atoms with Crippen LogP contribution in [0.2, 0.25) is 5.28 Å².